The molecular weight excluding hydrogens is 483 g/mol. The smallest absolute Gasteiger partial charge is 0.416 e. The molecule has 8 heteroatoms. The van der Waals surface area contributed by atoms with E-state index in [9.17, 15) is 28.2 Å². The average molecular weight is 518 g/mol. The monoisotopic (exact) mass is 517 g/mol. The third-order valence-electron chi connectivity index (χ3n) is 8.60. The van der Waals surface area contributed by atoms with E-state index >= 15 is 0 Å². The van der Waals surface area contributed by atoms with Crippen molar-refractivity contribution in [2.24, 2.45) is 5.41 Å². The summed E-state index contributed by atoms with van der Waals surface area (Å²) in [5.74, 6) is -1.33. The van der Waals surface area contributed by atoms with Crippen LogP contribution >= 0.6 is 0 Å². The number of ether oxygens (including phenoxy) is 1. The van der Waals surface area contributed by atoms with Crippen LogP contribution in [-0.4, -0.2) is 21.2 Å². The van der Waals surface area contributed by atoms with Gasteiger partial charge in [0.1, 0.15) is 6.10 Å². The number of pyridine rings is 1. The fourth-order valence-electron chi connectivity index (χ4n) is 6.85. The van der Waals surface area contributed by atoms with Crippen molar-refractivity contribution in [1.82, 2.24) is 4.98 Å². The van der Waals surface area contributed by atoms with Crippen LogP contribution in [0.3, 0.4) is 0 Å². The van der Waals surface area contributed by atoms with Gasteiger partial charge < -0.3 is 14.9 Å². The van der Waals surface area contributed by atoms with Crippen LogP contribution in [0.1, 0.15) is 129 Å². The van der Waals surface area contributed by atoms with E-state index in [0.717, 1.165) is 54.6 Å². The van der Waals surface area contributed by atoms with Crippen LogP contribution in [0.5, 0.6) is 0 Å². The first-order valence-electron chi connectivity index (χ1n) is 13.1. The van der Waals surface area contributed by atoms with Crippen molar-refractivity contribution >= 4 is 5.97 Å². The molecule has 0 saturated heterocycles. The number of halogens is 3. The Kier molecular flexibility index (Phi) is 6.23. The molecule has 2 heterocycles. The molecule has 0 bridgehead atoms. The number of carboxylic acids is 1. The van der Waals surface area contributed by atoms with E-state index in [0.29, 0.717) is 23.2 Å². The second-order valence-corrected chi connectivity index (χ2v) is 11.9. The van der Waals surface area contributed by atoms with Gasteiger partial charge in [-0.2, -0.15) is 13.2 Å². The van der Waals surface area contributed by atoms with Gasteiger partial charge in [0.15, 0.2) is 0 Å². The normalized spacial score (nSPS) is 25.9. The fraction of sp³-hybridized carbons (Fsp3) is 0.586. The van der Waals surface area contributed by atoms with Gasteiger partial charge in [-0.3, -0.25) is 9.78 Å². The van der Waals surface area contributed by atoms with E-state index in [1.165, 1.54) is 12.1 Å². The molecular formula is C29H34F3NO4. The molecule has 3 aliphatic rings. The van der Waals surface area contributed by atoms with Crippen molar-refractivity contribution in [3.05, 3.63) is 63.5 Å². The highest BCUT2D eigenvalue weighted by Gasteiger charge is 2.54. The largest absolute Gasteiger partial charge is 0.481 e. The van der Waals surface area contributed by atoms with Gasteiger partial charge in [0, 0.05) is 22.7 Å². The zero-order valence-corrected chi connectivity index (χ0v) is 21.7. The van der Waals surface area contributed by atoms with E-state index in [1.807, 2.05) is 27.7 Å². The fourth-order valence-corrected chi connectivity index (χ4v) is 6.85. The predicted octanol–water partition coefficient (Wildman–Crippen LogP) is 7.13. The number of aliphatic carboxylic acids is 1. The van der Waals surface area contributed by atoms with Crippen molar-refractivity contribution in [2.45, 2.75) is 102 Å². The Morgan fingerprint density at radius 1 is 1.14 bits per heavy atom. The molecule has 3 atom stereocenters. The lowest BCUT2D eigenvalue weighted by Gasteiger charge is -2.43. The number of benzene rings is 1. The minimum atomic E-state index is -4.43. The van der Waals surface area contributed by atoms with E-state index < -0.39 is 40.9 Å². The number of rotatable bonds is 4. The molecule has 200 valence electrons. The number of carboxylic acid groups (broad SMARTS) is 1. The lowest BCUT2D eigenvalue weighted by atomic mass is 9.63. The Hall–Kier alpha value is -2.45. The Morgan fingerprint density at radius 3 is 2.30 bits per heavy atom. The van der Waals surface area contributed by atoms with Gasteiger partial charge in [-0.25, -0.2) is 0 Å². The van der Waals surface area contributed by atoms with Crippen LogP contribution in [-0.2, 0) is 21.3 Å². The zero-order chi connectivity index (χ0) is 26.9. The zero-order valence-electron chi connectivity index (χ0n) is 21.7. The maximum absolute atomic E-state index is 13.3. The molecule has 2 N–H and O–H groups in total. The average Bonchev–Trinajstić information content (AvgIpc) is 3.40. The second-order valence-electron chi connectivity index (χ2n) is 11.9. The van der Waals surface area contributed by atoms with E-state index in [2.05, 4.69) is 0 Å². The van der Waals surface area contributed by atoms with Gasteiger partial charge in [0.05, 0.1) is 29.4 Å². The molecule has 1 fully saturated rings. The molecule has 1 aromatic heterocycles. The minimum Gasteiger partial charge on any atom is -0.481 e. The molecule has 2 aliphatic carbocycles. The number of nitrogens with zero attached hydrogens (tertiary/aromatic N) is 1. The number of hydrogen-bond donors (Lipinski definition) is 2. The first-order chi connectivity index (χ1) is 17.2. The van der Waals surface area contributed by atoms with Gasteiger partial charge >= 0.3 is 12.1 Å². The molecule has 1 spiro atoms. The molecule has 1 aromatic carbocycles. The Morgan fingerprint density at radius 2 is 1.76 bits per heavy atom. The van der Waals surface area contributed by atoms with Crippen LogP contribution in [0.15, 0.2) is 24.3 Å². The number of hydrogen-bond acceptors (Lipinski definition) is 4. The Labute approximate surface area is 215 Å². The number of fused-ring (bicyclic) bond motifs is 4. The molecule has 37 heavy (non-hydrogen) atoms. The lowest BCUT2D eigenvalue weighted by molar-refractivity contribution is -0.139. The molecule has 1 aliphatic heterocycles. The summed E-state index contributed by atoms with van der Waals surface area (Å²) in [5.41, 5.74) is 2.58. The summed E-state index contributed by atoms with van der Waals surface area (Å²) in [7, 11) is 0. The number of carbonyl (C=O) groups is 1. The van der Waals surface area contributed by atoms with Crippen molar-refractivity contribution in [3.8, 4) is 0 Å². The maximum Gasteiger partial charge on any atom is 0.416 e. The second kappa shape index (κ2) is 8.80. The molecule has 0 radical (unpaired) electrons. The highest BCUT2D eigenvalue weighted by Crippen LogP contribution is 2.61. The summed E-state index contributed by atoms with van der Waals surface area (Å²) in [5, 5.41) is 21.2. The summed E-state index contributed by atoms with van der Waals surface area (Å²) in [6, 6.07) is 5.11. The Bertz CT molecular complexity index is 1210. The third kappa shape index (κ3) is 4.26. The number of aliphatic hydroxyl groups is 1. The summed E-state index contributed by atoms with van der Waals surface area (Å²) in [4.78, 5) is 17.0. The minimum absolute atomic E-state index is 0.0381. The quantitative estimate of drug-likeness (QED) is 0.451. The molecule has 1 saturated carbocycles. The third-order valence-corrected chi connectivity index (χ3v) is 8.60. The predicted molar refractivity (Wildman–Crippen MR) is 131 cm³/mol. The van der Waals surface area contributed by atoms with Crippen molar-refractivity contribution in [3.63, 3.8) is 0 Å². The van der Waals surface area contributed by atoms with Gasteiger partial charge in [0.25, 0.3) is 0 Å². The van der Waals surface area contributed by atoms with E-state index in [1.54, 1.807) is 0 Å². The van der Waals surface area contributed by atoms with Gasteiger partial charge in [0.2, 0.25) is 0 Å². The van der Waals surface area contributed by atoms with Gasteiger partial charge in [-0.05, 0) is 53.9 Å². The Balaban J connectivity index is 1.77. The van der Waals surface area contributed by atoms with Crippen LogP contribution in [0.2, 0.25) is 0 Å². The molecule has 5 rings (SSSR count). The van der Waals surface area contributed by atoms with Crippen LogP contribution in [0.25, 0.3) is 0 Å². The summed E-state index contributed by atoms with van der Waals surface area (Å²) in [6.07, 6.45) is -2.20. The van der Waals surface area contributed by atoms with Crippen molar-refractivity contribution < 1.29 is 32.9 Å². The highest BCUT2D eigenvalue weighted by molar-refractivity contribution is 5.69. The SMILES string of the molecule is CC(C)c1nc2c(c3c1[C@@H](c1ccc(C(F)(F)F)cc1)OC31CCCC1)[C@@H](O)CC(C)(C)[C@H]2CC(=O)O. The number of alkyl halides is 3. The molecule has 0 amide bonds. The van der Waals surface area contributed by atoms with E-state index in [4.69, 9.17) is 9.72 Å². The molecule has 5 nitrogen and oxygen atoms in total. The highest BCUT2D eigenvalue weighted by atomic mass is 19.4. The van der Waals surface area contributed by atoms with E-state index in [-0.39, 0.29) is 18.3 Å². The van der Waals surface area contributed by atoms with Crippen LogP contribution < -0.4 is 0 Å². The van der Waals surface area contributed by atoms with Crippen molar-refractivity contribution in [2.75, 3.05) is 0 Å². The number of aliphatic hydroxyl groups excluding tert-OH is 1. The number of aromatic nitrogens is 1. The standard InChI is InChI=1S/C29H34F3NO4/c1-15(2)24-22-23(21-19(34)14-27(3,4)18(13-20(35)36)25(21)33-24)28(11-5-6-12-28)37-26(22)16-7-9-17(10-8-16)29(30,31)32/h7-10,15,18-19,26,34H,5-6,11-14H2,1-4H3,(H,35,36)/t18-,19-,26+/m0/s1. The molecule has 2 aromatic rings. The summed E-state index contributed by atoms with van der Waals surface area (Å²) < 4.78 is 46.6. The van der Waals surface area contributed by atoms with Crippen molar-refractivity contribution in [1.29, 1.82) is 0 Å². The lowest BCUT2D eigenvalue weighted by Crippen LogP contribution is -2.36. The first kappa shape index (κ1) is 26.2. The topological polar surface area (TPSA) is 79.7 Å². The summed E-state index contributed by atoms with van der Waals surface area (Å²) >= 11 is 0. The van der Waals surface area contributed by atoms with Gasteiger partial charge in [-0.1, -0.05) is 52.7 Å². The molecule has 0 unspecified atom stereocenters. The maximum atomic E-state index is 13.3. The van der Waals surface area contributed by atoms with Crippen LogP contribution in [0, 0.1) is 5.41 Å². The van der Waals surface area contributed by atoms with Crippen LogP contribution in [0.4, 0.5) is 13.2 Å². The van der Waals surface area contributed by atoms with Gasteiger partial charge in [-0.15, -0.1) is 0 Å². The summed E-state index contributed by atoms with van der Waals surface area (Å²) in [6.45, 7) is 7.97. The first-order valence-corrected chi connectivity index (χ1v) is 13.1.